The lowest BCUT2D eigenvalue weighted by molar-refractivity contribution is -0.143. The molecule has 1 saturated heterocycles. The summed E-state index contributed by atoms with van der Waals surface area (Å²) in [6, 6.07) is 13.8. The third-order valence-electron chi connectivity index (χ3n) is 6.56. The van der Waals surface area contributed by atoms with Crippen molar-refractivity contribution in [3.05, 3.63) is 70.5 Å². The number of aliphatic hydroxyl groups excluding tert-OH is 1. The molecular formula is C28H38FNO4. The molecule has 2 aromatic rings. The van der Waals surface area contributed by atoms with Gasteiger partial charge >= 0.3 is 5.97 Å². The lowest BCUT2D eigenvalue weighted by atomic mass is 10.0. The fourth-order valence-electron chi connectivity index (χ4n) is 4.51. The van der Waals surface area contributed by atoms with E-state index in [2.05, 4.69) is 4.90 Å². The predicted octanol–water partition coefficient (Wildman–Crippen LogP) is 4.78. The van der Waals surface area contributed by atoms with Crippen LogP contribution in [0, 0.1) is 12.7 Å². The molecule has 0 bridgehead atoms. The van der Waals surface area contributed by atoms with Gasteiger partial charge in [-0.15, -0.1) is 0 Å². The number of aliphatic hydroxyl groups is 1. The number of halogens is 1. The Morgan fingerprint density at radius 2 is 1.94 bits per heavy atom. The van der Waals surface area contributed by atoms with Crippen molar-refractivity contribution in [2.45, 2.75) is 71.1 Å². The minimum absolute atomic E-state index is 0.140. The van der Waals surface area contributed by atoms with Gasteiger partial charge in [0.2, 0.25) is 0 Å². The fourth-order valence-corrected chi connectivity index (χ4v) is 4.51. The molecule has 2 aromatic carbocycles. The predicted molar refractivity (Wildman–Crippen MR) is 131 cm³/mol. The maximum absolute atomic E-state index is 13.9. The van der Waals surface area contributed by atoms with Crippen molar-refractivity contribution in [3.63, 3.8) is 0 Å². The SMILES string of the molecule is CCOC(=O)CCc1ccc([C@@H](C)OC[C@H](O)CN2CCC[C@H]2Cc2ccc(C)c(F)c2)cc1. The Morgan fingerprint density at radius 1 is 1.21 bits per heavy atom. The van der Waals surface area contributed by atoms with Crippen molar-refractivity contribution >= 4 is 5.97 Å². The molecule has 0 aromatic heterocycles. The van der Waals surface area contributed by atoms with Crippen LogP contribution in [0.3, 0.4) is 0 Å². The van der Waals surface area contributed by atoms with Crippen molar-refractivity contribution in [2.75, 3.05) is 26.3 Å². The number of hydrogen-bond acceptors (Lipinski definition) is 5. The second-order valence-electron chi connectivity index (χ2n) is 9.25. The van der Waals surface area contributed by atoms with E-state index in [-0.39, 0.29) is 24.5 Å². The van der Waals surface area contributed by atoms with E-state index in [0.717, 1.165) is 42.5 Å². The highest BCUT2D eigenvalue weighted by atomic mass is 19.1. The number of rotatable bonds is 12. The van der Waals surface area contributed by atoms with E-state index in [9.17, 15) is 14.3 Å². The Kier molecular flexibility index (Phi) is 10.1. The first kappa shape index (κ1) is 26.3. The van der Waals surface area contributed by atoms with E-state index in [0.29, 0.717) is 37.6 Å². The van der Waals surface area contributed by atoms with Crippen LogP contribution in [-0.2, 0) is 27.1 Å². The fraction of sp³-hybridized carbons (Fsp3) is 0.536. The summed E-state index contributed by atoms with van der Waals surface area (Å²) < 4.78 is 24.8. The zero-order chi connectivity index (χ0) is 24.5. The maximum atomic E-state index is 13.9. The molecule has 0 radical (unpaired) electrons. The van der Waals surface area contributed by atoms with Gasteiger partial charge in [0, 0.05) is 19.0 Å². The van der Waals surface area contributed by atoms with Crippen molar-refractivity contribution in [1.29, 1.82) is 0 Å². The lowest BCUT2D eigenvalue weighted by Gasteiger charge is -2.27. The standard InChI is InChI=1S/C28H38FNO4/c1-4-33-28(32)14-11-22-9-12-24(13-10-22)21(3)34-19-26(31)18-30-15-5-6-25(30)16-23-8-7-20(2)27(29)17-23/h7-10,12-13,17,21,25-26,31H,4-6,11,14-16,18-19H2,1-3H3/t21-,25+,26-/m1/s1. The second-order valence-corrected chi connectivity index (χ2v) is 9.25. The number of β-amino-alcohol motifs (C(OH)–C–C–N with tert-alkyl or cyclic N) is 1. The summed E-state index contributed by atoms with van der Waals surface area (Å²) in [7, 11) is 0. The molecule has 5 nitrogen and oxygen atoms in total. The first-order chi connectivity index (χ1) is 16.4. The van der Waals surface area contributed by atoms with Crippen molar-refractivity contribution in [2.24, 2.45) is 0 Å². The van der Waals surface area contributed by atoms with E-state index >= 15 is 0 Å². The number of carbonyl (C=O) groups is 1. The zero-order valence-corrected chi connectivity index (χ0v) is 20.6. The van der Waals surface area contributed by atoms with Gasteiger partial charge in [-0.1, -0.05) is 36.4 Å². The van der Waals surface area contributed by atoms with Gasteiger partial charge in [0.1, 0.15) is 5.82 Å². The molecule has 0 saturated carbocycles. The van der Waals surface area contributed by atoms with Gasteiger partial charge in [-0.25, -0.2) is 4.39 Å². The largest absolute Gasteiger partial charge is 0.466 e. The van der Waals surface area contributed by atoms with Crippen LogP contribution in [0.1, 0.15) is 61.5 Å². The topological polar surface area (TPSA) is 59.0 Å². The first-order valence-corrected chi connectivity index (χ1v) is 12.4. The number of benzene rings is 2. The first-order valence-electron chi connectivity index (χ1n) is 12.4. The van der Waals surface area contributed by atoms with E-state index in [1.54, 1.807) is 13.0 Å². The molecule has 3 rings (SSSR count). The average Bonchev–Trinajstić information content (AvgIpc) is 3.25. The summed E-state index contributed by atoms with van der Waals surface area (Å²) in [5.74, 6) is -0.333. The molecule has 0 unspecified atom stereocenters. The number of nitrogens with zero attached hydrogens (tertiary/aromatic N) is 1. The molecule has 0 amide bonds. The molecule has 0 spiro atoms. The van der Waals surface area contributed by atoms with Crippen LogP contribution in [-0.4, -0.2) is 54.4 Å². The number of likely N-dealkylation sites (tertiary alicyclic amines) is 1. The molecule has 34 heavy (non-hydrogen) atoms. The van der Waals surface area contributed by atoms with E-state index < -0.39 is 6.10 Å². The molecule has 6 heteroatoms. The number of carbonyl (C=O) groups excluding carboxylic acids is 1. The molecular weight excluding hydrogens is 433 g/mol. The van der Waals surface area contributed by atoms with Gasteiger partial charge in [-0.3, -0.25) is 9.69 Å². The highest BCUT2D eigenvalue weighted by Crippen LogP contribution is 2.23. The monoisotopic (exact) mass is 471 g/mol. The summed E-state index contributed by atoms with van der Waals surface area (Å²) in [5, 5.41) is 10.6. The molecule has 1 fully saturated rings. The maximum Gasteiger partial charge on any atom is 0.306 e. The summed E-state index contributed by atoms with van der Waals surface area (Å²) >= 11 is 0. The third kappa shape index (κ3) is 7.90. The summed E-state index contributed by atoms with van der Waals surface area (Å²) in [5.41, 5.74) is 3.79. The number of esters is 1. The Hall–Kier alpha value is -2.28. The summed E-state index contributed by atoms with van der Waals surface area (Å²) in [6.45, 7) is 7.72. The van der Waals surface area contributed by atoms with Crippen LogP contribution in [0.15, 0.2) is 42.5 Å². The third-order valence-corrected chi connectivity index (χ3v) is 6.56. The van der Waals surface area contributed by atoms with Crippen LogP contribution >= 0.6 is 0 Å². The van der Waals surface area contributed by atoms with Crippen LogP contribution < -0.4 is 0 Å². The Bertz CT molecular complexity index is 917. The molecule has 0 aliphatic carbocycles. The Morgan fingerprint density at radius 3 is 2.65 bits per heavy atom. The van der Waals surface area contributed by atoms with Crippen LogP contribution in [0.4, 0.5) is 4.39 Å². The van der Waals surface area contributed by atoms with Crippen molar-refractivity contribution < 1.29 is 23.8 Å². The smallest absolute Gasteiger partial charge is 0.306 e. The van der Waals surface area contributed by atoms with Gasteiger partial charge in [-0.05, 0) is 81.3 Å². The summed E-state index contributed by atoms with van der Waals surface area (Å²) in [4.78, 5) is 13.8. The number of aryl methyl sites for hydroxylation is 2. The van der Waals surface area contributed by atoms with E-state index in [4.69, 9.17) is 9.47 Å². The highest BCUT2D eigenvalue weighted by Gasteiger charge is 2.27. The van der Waals surface area contributed by atoms with Crippen LogP contribution in [0.5, 0.6) is 0 Å². The molecule has 3 atom stereocenters. The lowest BCUT2D eigenvalue weighted by Crippen LogP contribution is -2.39. The van der Waals surface area contributed by atoms with Gasteiger partial charge in [0.05, 0.1) is 25.4 Å². The van der Waals surface area contributed by atoms with Crippen molar-refractivity contribution in [3.8, 4) is 0 Å². The van der Waals surface area contributed by atoms with Gasteiger partial charge in [0.25, 0.3) is 0 Å². The second kappa shape index (κ2) is 13.0. The molecule has 1 aliphatic rings. The quantitative estimate of drug-likeness (QED) is 0.452. The van der Waals surface area contributed by atoms with Crippen molar-refractivity contribution in [1.82, 2.24) is 4.90 Å². The van der Waals surface area contributed by atoms with Crippen LogP contribution in [0.25, 0.3) is 0 Å². The molecule has 1 aliphatic heterocycles. The van der Waals surface area contributed by atoms with Crippen LogP contribution in [0.2, 0.25) is 0 Å². The molecule has 1 N–H and O–H groups in total. The van der Waals surface area contributed by atoms with Gasteiger partial charge in [-0.2, -0.15) is 0 Å². The zero-order valence-electron chi connectivity index (χ0n) is 20.6. The normalized spacial score (nSPS) is 18.1. The minimum Gasteiger partial charge on any atom is -0.466 e. The average molecular weight is 472 g/mol. The molecule has 1 heterocycles. The van der Waals surface area contributed by atoms with E-state index in [1.165, 1.54) is 0 Å². The summed E-state index contributed by atoms with van der Waals surface area (Å²) in [6.07, 6.45) is 3.25. The molecule has 186 valence electrons. The number of hydrogen-bond donors (Lipinski definition) is 1. The van der Waals surface area contributed by atoms with Gasteiger partial charge in [0.15, 0.2) is 0 Å². The van der Waals surface area contributed by atoms with Gasteiger partial charge < -0.3 is 14.6 Å². The Balaban J connectivity index is 1.43. The Labute approximate surface area is 202 Å². The number of ether oxygens (including phenoxy) is 2. The van der Waals surface area contributed by atoms with E-state index in [1.807, 2.05) is 50.2 Å². The highest BCUT2D eigenvalue weighted by molar-refractivity contribution is 5.69. The minimum atomic E-state index is -0.582.